The minimum atomic E-state index is -0.0662. The van der Waals surface area contributed by atoms with Crippen molar-refractivity contribution in [1.29, 1.82) is 0 Å². The van der Waals surface area contributed by atoms with Crippen LogP contribution in [-0.4, -0.2) is 26.4 Å². The van der Waals surface area contributed by atoms with Gasteiger partial charge in [-0.25, -0.2) is 0 Å². The second-order valence-electron chi connectivity index (χ2n) is 7.14. The third kappa shape index (κ3) is 5.60. The van der Waals surface area contributed by atoms with Gasteiger partial charge in [0.15, 0.2) is 11.0 Å². The van der Waals surface area contributed by atoms with Crippen molar-refractivity contribution in [2.24, 2.45) is 7.05 Å². The van der Waals surface area contributed by atoms with Crippen LogP contribution in [0.4, 0.5) is 5.69 Å². The standard InChI is InChI=1S/C22H26N4O2S/c1-15(2)18-7-5-6-8-19(18)23-21(27)14-29-22-25-24-20(26(22)4)13-28-17-11-9-16(3)10-12-17/h5-12,15H,13-14H2,1-4H3,(H,23,27). The Bertz CT molecular complexity index is 967. The second-order valence-corrected chi connectivity index (χ2v) is 8.08. The summed E-state index contributed by atoms with van der Waals surface area (Å²) >= 11 is 1.35. The normalized spacial score (nSPS) is 10.9. The summed E-state index contributed by atoms with van der Waals surface area (Å²) in [5.74, 6) is 2.03. The Labute approximate surface area is 175 Å². The molecule has 7 heteroatoms. The average molecular weight is 411 g/mol. The molecule has 0 aliphatic carbocycles. The molecule has 0 fully saturated rings. The number of rotatable bonds is 8. The minimum absolute atomic E-state index is 0.0662. The zero-order valence-corrected chi connectivity index (χ0v) is 18.0. The predicted molar refractivity (Wildman–Crippen MR) is 116 cm³/mol. The highest BCUT2D eigenvalue weighted by molar-refractivity contribution is 7.99. The molecule has 29 heavy (non-hydrogen) atoms. The fourth-order valence-corrected chi connectivity index (χ4v) is 3.54. The van der Waals surface area contributed by atoms with E-state index in [2.05, 4.69) is 29.4 Å². The van der Waals surface area contributed by atoms with E-state index in [-0.39, 0.29) is 11.7 Å². The van der Waals surface area contributed by atoms with Crippen molar-refractivity contribution in [2.75, 3.05) is 11.1 Å². The maximum absolute atomic E-state index is 12.4. The van der Waals surface area contributed by atoms with Gasteiger partial charge in [0.2, 0.25) is 5.91 Å². The van der Waals surface area contributed by atoms with Gasteiger partial charge >= 0.3 is 0 Å². The Balaban J connectivity index is 1.55. The zero-order chi connectivity index (χ0) is 20.8. The number of aromatic nitrogens is 3. The first-order valence-corrected chi connectivity index (χ1v) is 10.5. The van der Waals surface area contributed by atoms with Crippen LogP contribution in [0.5, 0.6) is 5.75 Å². The van der Waals surface area contributed by atoms with Gasteiger partial charge in [-0.15, -0.1) is 10.2 Å². The molecule has 1 amide bonds. The molecule has 1 aromatic heterocycles. The topological polar surface area (TPSA) is 69.0 Å². The van der Waals surface area contributed by atoms with E-state index in [0.717, 1.165) is 17.0 Å². The van der Waals surface area contributed by atoms with Gasteiger partial charge in [-0.1, -0.05) is 61.5 Å². The number of benzene rings is 2. The van der Waals surface area contributed by atoms with Gasteiger partial charge in [0, 0.05) is 12.7 Å². The van der Waals surface area contributed by atoms with Crippen LogP contribution in [0, 0.1) is 6.92 Å². The minimum Gasteiger partial charge on any atom is -0.486 e. The van der Waals surface area contributed by atoms with Crippen LogP contribution in [0.1, 0.15) is 36.7 Å². The Hall–Kier alpha value is -2.80. The van der Waals surface area contributed by atoms with Crippen molar-refractivity contribution < 1.29 is 9.53 Å². The third-order valence-corrected chi connectivity index (χ3v) is 5.52. The monoisotopic (exact) mass is 410 g/mol. The van der Waals surface area contributed by atoms with Gasteiger partial charge in [-0.3, -0.25) is 4.79 Å². The van der Waals surface area contributed by atoms with E-state index in [1.54, 1.807) is 0 Å². The van der Waals surface area contributed by atoms with Gasteiger partial charge in [0.05, 0.1) is 5.75 Å². The first-order chi connectivity index (χ1) is 13.9. The Morgan fingerprint density at radius 2 is 1.86 bits per heavy atom. The van der Waals surface area contributed by atoms with Gasteiger partial charge in [0.25, 0.3) is 0 Å². The largest absolute Gasteiger partial charge is 0.486 e. The number of hydrogen-bond acceptors (Lipinski definition) is 5. The molecule has 0 saturated carbocycles. The summed E-state index contributed by atoms with van der Waals surface area (Å²) in [6.45, 7) is 6.58. The van der Waals surface area contributed by atoms with Crippen molar-refractivity contribution in [2.45, 2.75) is 38.5 Å². The maximum atomic E-state index is 12.4. The molecular formula is C22H26N4O2S. The van der Waals surface area contributed by atoms with Crippen molar-refractivity contribution in [1.82, 2.24) is 14.8 Å². The highest BCUT2D eigenvalue weighted by Crippen LogP contribution is 2.24. The van der Waals surface area contributed by atoms with Crippen molar-refractivity contribution in [3.63, 3.8) is 0 Å². The lowest BCUT2D eigenvalue weighted by Crippen LogP contribution is -2.16. The Morgan fingerprint density at radius 3 is 2.59 bits per heavy atom. The number of thioether (sulfide) groups is 1. The van der Waals surface area contributed by atoms with Crippen LogP contribution in [-0.2, 0) is 18.4 Å². The van der Waals surface area contributed by atoms with E-state index < -0.39 is 0 Å². The molecule has 152 valence electrons. The number of carbonyl (C=O) groups is 1. The molecule has 0 aliphatic heterocycles. The molecule has 3 rings (SSSR count). The first-order valence-electron chi connectivity index (χ1n) is 9.53. The second kappa shape index (κ2) is 9.60. The molecule has 2 aromatic carbocycles. The molecule has 3 aromatic rings. The maximum Gasteiger partial charge on any atom is 0.234 e. The van der Waals surface area contributed by atoms with Crippen molar-refractivity contribution in [3.8, 4) is 5.75 Å². The van der Waals surface area contributed by atoms with Gasteiger partial charge in [0.1, 0.15) is 12.4 Å². The zero-order valence-electron chi connectivity index (χ0n) is 17.2. The van der Waals surface area contributed by atoms with Crippen LogP contribution < -0.4 is 10.1 Å². The van der Waals surface area contributed by atoms with Crippen LogP contribution in [0.3, 0.4) is 0 Å². The fraction of sp³-hybridized carbons (Fsp3) is 0.318. The van der Waals surface area contributed by atoms with E-state index >= 15 is 0 Å². The highest BCUT2D eigenvalue weighted by Gasteiger charge is 2.13. The Morgan fingerprint density at radius 1 is 1.14 bits per heavy atom. The number of ether oxygens (including phenoxy) is 1. The van der Waals surface area contributed by atoms with Crippen LogP contribution in [0.25, 0.3) is 0 Å². The summed E-state index contributed by atoms with van der Waals surface area (Å²) in [6, 6.07) is 15.8. The fourth-order valence-electron chi connectivity index (χ4n) is 2.81. The number of nitrogens with zero attached hydrogens (tertiary/aromatic N) is 3. The van der Waals surface area contributed by atoms with E-state index in [1.165, 1.54) is 17.3 Å². The molecule has 0 atom stereocenters. The molecule has 6 nitrogen and oxygen atoms in total. The summed E-state index contributed by atoms with van der Waals surface area (Å²) in [7, 11) is 1.88. The molecule has 0 bridgehead atoms. The van der Waals surface area contributed by atoms with E-state index in [9.17, 15) is 4.79 Å². The van der Waals surface area contributed by atoms with E-state index in [0.29, 0.717) is 23.5 Å². The van der Waals surface area contributed by atoms with Crippen LogP contribution >= 0.6 is 11.8 Å². The summed E-state index contributed by atoms with van der Waals surface area (Å²) in [5, 5.41) is 12.0. The van der Waals surface area contributed by atoms with E-state index in [4.69, 9.17) is 4.74 Å². The number of anilines is 1. The summed E-state index contributed by atoms with van der Waals surface area (Å²) < 4.78 is 7.62. The molecule has 1 N–H and O–H groups in total. The van der Waals surface area contributed by atoms with Gasteiger partial charge in [-0.05, 0) is 36.6 Å². The number of hydrogen-bond donors (Lipinski definition) is 1. The number of nitrogens with one attached hydrogen (secondary N) is 1. The molecule has 1 heterocycles. The lowest BCUT2D eigenvalue weighted by molar-refractivity contribution is -0.113. The molecular weight excluding hydrogens is 384 g/mol. The Kier molecular flexibility index (Phi) is 6.93. The van der Waals surface area contributed by atoms with Crippen molar-refractivity contribution >= 4 is 23.4 Å². The third-order valence-electron chi connectivity index (χ3n) is 4.50. The average Bonchev–Trinajstić information content (AvgIpc) is 3.06. The number of amides is 1. The van der Waals surface area contributed by atoms with E-state index in [1.807, 2.05) is 67.1 Å². The van der Waals surface area contributed by atoms with Crippen LogP contribution in [0.15, 0.2) is 53.7 Å². The van der Waals surface area contributed by atoms with Crippen LogP contribution in [0.2, 0.25) is 0 Å². The number of carbonyl (C=O) groups excluding carboxylic acids is 1. The number of para-hydroxylation sites is 1. The van der Waals surface area contributed by atoms with Gasteiger partial charge in [-0.2, -0.15) is 0 Å². The number of aryl methyl sites for hydroxylation is 1. The molecule has 0 spiro atoms. The van der Waals surface area contributed by atoms with Crippen molar-refractivity contribution in [3.05, 3.63) is 65.5 Å². The molecule has 0 unspecified atom stereocenters. The predicted octanol–water partition coefficient (Wildman–Crippen LogP) is 4.56. The SMILES string of the molecule is Cc1ccc(OCc2nnc(SCC(=O)Nc3ccccc3C(C)C)n2C)cc1. The summed E-state index contributed by atoms with van der Waals surface area (Å²) in [6.07, 6.45) is 0. The highest BCUT2D eigenvalue weighted by atomic mass is 32.2. The van der Waals surface area contributed by atoms with Gasteiger partial charge < -0.3 is 14.6 Å². The first kappa shape index (κ1) is 20.9. The summed E-state index contributed by atoms with van der Waals surface area (Å²) in [4.78, 5) is 12.4. The summed E-state index contributed by atoms with van der Waals surface area (Å²) in [5.41, 5.74) is 3.17. The smallest absolute Gasteiger partial charge is 0.234 e. The quantitative estimate of drug-likeness (QED) is 0.552. The lowest BCUT2D eigenvalue weighted by atomic mass is 10.0. The molecule has 0 aliphatic rings. The molecule has 0 radical (unpaired) electrons. The molecule has 0 saturated heterocycles. The lowest BCUT2D eigenvalue weighted by Gasteiger charge is -2.13.